The molecule has 0 aliphatic carbocycles. The number of alkyl halides is 1. The lowest BCUT2D eigenvalue weighted by atomic mass is 10.1. The van der Waals surface area contributed by atoms with Crippen molar-refractivity contribution >= 4 is 21.6 Å². The van der Waals surface area contributed by atoms with Crippen LogP contribution in [0.1, 0.15) is 12.5 Å². The summed E-state index contributed by atoms with van der Waals surface area (Å²) in [4.78, 5) is 0.309. The molecule has 0 heterocycles. The minimum absolute atomic E-state index is 0.0521. The van der Waals surface area contributed by atoms with Crippen molar-refractivity contribution in [1.29, 1.82) is 0 Å². The van der Waals surface area contributed by atoms with E-state index in [1.807, 2.05) is 6.92 Å². The molecular formula is C11H16ClNO2S. The molecule has 0 amide bonds. The molecule has 1 unspecified atom stereocenters. The van der Waals surface area contributed by atoms with Crippen molar-refractivity contribution in [3.8, 4) is 0 Å². The van der Waals surface area contributed by atoms with Crippen molar-refractivity contribution in [2.45, 2.75) is 23.6 Å². The van der Waals surface area contributed by atoms with E-state index in [1.165, 1.54) is 18.4 Å². The molecule has 16 heavy (non-hydrogen) atoms. The second kappa shape index (κ2) is 5.17. The van der Waals surface area contributed by atoms with Crippen LogP contribution >= 0.6 is 11.6 Å². The molecule has 0 fully saturated rings. The summed E-state index contributed by atoms with van der Waals surface area (Å²) in [5.41, 5.74) is 1.04. The number of rotatable bonds is 4. The van der Waals surface area contributed by atoms with Crippen molar-refractivity contribution in [2.75, 3.05) is 14.1 Å². The molecule has 0 saturated carbocycles. The van der Waals surface area contributed by atoms with Crippen LogP contribution in [0.4, 0.5) is 0 Å². The largest absolute Gasteiger partial charge is 0.242 e. The van der Waals surface area contributed by atoms with E-state index in [2.05, 4.69) is 0 Å². The standard InChI is InChI=1S/C11H16ClNO2S/c1-9(12)8-10-4-6-11(7-5-10)16(14,15)13(2)3/h4-7,9H,8H2,1-3H3. The van der Waals surface area contributed by atoms with Gasteiger partial charge in [0.05, 0.1) is 4.90 Å². The Kier molecular flexibility index (Phi) is 4.35. The zero-order chi connectivity index (χ0) is 12.3. The molecule has 0 aliphatic rings. The number of halogens is 1. The van der Waals surface area contributed by atoms with Gasteiger partial charge in [0.1, 0.15) is 0 Å². The Morgan fingerprint density at radius 3 is 2.12 bits per heavy atom. The molecule has 0 aromatic heterocycles. The summed E-state index contributed by atoms with van der Waals surface area (Å²) in [6, 6.07) is 6.83. The second-order valence-electron chi connectivity index (χ2n) is 3.92. The predicted molar refractivity (Wildman–Crippen MR) is 66.3 cm³/mol. The van der Waals surface area contributed by atoms with Gasteiger partial charge in [-0.05, 0) is 31.0 Å². The van der Waals surface area contributed by atoms with Gasteiger partial charge in [-0.2, -0.15) is 0 Å². The highest BCUT2D eigenvalue weighted by molar-refractivity contribution is 7.89. The maximum Gasteiger partial charge on any atom is 0.242 e. The van der Waals surface area contributed by atoms with Crippen molar-refractivity contribution in [1.82, 2.24) is 4.31 Å². The Morgan fingerprint density at radius 2 is 1.75 bits per heavy atom. The molecule has 0 aliphatic heterocycles. The zero-order valence-corrected chi connectivity index (χ0v) is 11.2. The number of nitrogens with zero attached hydrogens (tertiary/aromatic N) is 1. The highest BCUT2D eigenvalue weighted by Crippen LogP contribution is 2.15. The molecule has 0 spiro atoms. The van der Waals surface area contributed by atoms with Gasteiger partial charge in [-0.15, -0.1) is 11.6 Å². The molecule has 3 nitrogen and oxygen atoms in total. The summed E-state index contributed by atoms with van der Waals surface area (Å²) in [5.74, 6) is 0. The zero-order valence-electron chi connectivity index (χ0n) is 9.64. The number of hydrogen-bond acceptors (Lipinski definition) is 2. The summed E-state index contributed by atoms with van der Waals surface area (Å²) < 4.78 is 24.7. The average Bonchev–Trinajstić information content (AvgIpc) is 2.17. The van der Waals surface area contributed by atoms with Gasteiger partial charge in [0.25, 0.3) is 0 Å². The minimum atomic E-state index is -3.32. The van der Waals surface area contributed by atoms with Crippen LogP contribution in [0.25, 0.3) is 0 Å². The van der Waals surface area contributed by atoms with E-state index in [4.69, 9.17) is 11.6 Å². The van der Waals surface area contributed by atoms with Gasteiger partial charge < -0.3 is 0 Å². The molecule has 0 saturated heterocycles. The summed E-state index contributed by atoms with van der Waals surface area (Å²) in [6.45, 7) is 1.91. The molecule has 1 aromatic carbocycles. The fourth-order valence-corrected chi connectivity index (χ4v) is 2.41. The molecule has 5 heteroatoms. The third-order valence-electron chi connectivity index (χ3n) is 2.22. The highest BCUT2D eigenvalue weighted by Gasteiger charge is 2.16. The fraction of sp³-hybridized carbons (Fsp3) is 0.455. The summed E-state index contributed by atoms with van der Waals surface area (Å²) >= 11 is 5.87. The van der Waals surface area contributed by atoms with E-state index in [1.54, 1.807) is 24.3 Å². The Bertz CT molecular complexity index is 438. The van der Waals surface area contributed by atoms with Crippen LogP contribution in [0.15, 0.2) is 29.2 Å². The number of hydrogen-bond donors (Lipinski definition) is 0. The second-order valence-corrected chi connectivity index (χ2v) is 6.81. The summed E-state index contributed by atoms with van der Waals surface area (Å²) in [7, 11) is -0.286. The van der Waals surface area contributed by atoms with E-state index in [0.29, 0.717) is 4.90 Å². The Labute approximate surface area is 102 Å². The Balaban J connectivity index is 2.96. The minimum Gasteiger partial charge on any atom is -0.207 e. The van der Waals surface area contributed by atoms with Gasteiger partial charge in [0.2, 0.25) is 10.0 Å². The van der Waals surface area contributed by atoms with Gasteiger partial charge in [0, 0.05) is 19.5 Å². The van der Waals surface area contributed by atoms with Crippen LogP contribution in [0.2, 0.25) is 0 Å². The van der Waals surface area contributed by atoms with Gasteiger partial charge in [0.15, 0.2) is 0 Å². The first-order valence-electron chi connectivity index (χ1n) is 4.99. The smallest absolute Gasteiger partial charge is 0.207 e. The average molecular weight is 262 g/mol. The molecular weight excluding hydrogens is 246 g/mol. The first-order valence-corrected chi connectivity index (χ1v) is 6.87. The Hall–Kier alpha value is -0.580. The maximum atomic E-state index is 11.8. The lowest BCUT2D eigenvalue weighted by Crippen LogP contribution is -2.22. The SMILES string of the molecule is CC(Cl)Cc1ccc(S(=O)(=O)N(C)C)cc1. The van der Waals surface area contributed by atoms with Crippen LogP contribution in [-0.4, -0.2) is 32.2 Å². The molecule has 1 aromatic rings. The summed E-state index contributed by atoms with van der Waals surface area (Å²) in [6.07, 6.45) is 0.740. The van der Waals surface area contributed by atoms with Crippen molar-refractivity contribution in [2.24, 2.45) is 0 Å². The summed E-state index contributed by atoms with van der Waals surface area (Å²) in [5, 5.41) is 0.0521. The first kappa shape index (κ1) is 13.5. The maximum absolute atomic E-state index is 11.8. The van der Waals surface area contributed by atoms with Gasteiger partial charge in [-0.3, -0.25) is 0 Å². The highest BCUT2D eigenvalue weighted by atomic mass is 35.5. The van der Waals surface area contributed by atoms with Crippen molar-refractivity contribution < 1.29 is 8.42 Å². The van der Waals surface area contributed by atoms with Gasteiger partial charge in [-0.1, -0.05) is 12.1 Å². The number of benzene rings is 1. The van der Waals surface area contributed by atoms with Gasteiger partial charge >= 0.3 is 0 Å². The lowest BCUT2D eigenvalue weighted by molar-refractivity contribution is 0.520. The van der Waals surface area contributed by atoms with E-state index in [9.17, 15) is 8.42 Å². The van der Waals surface area contributed by atoms with Crippen molar-refractivity contribution in [3.63, 3.8) is 0 Å². The van der Waals surface area contributed by atoms with E-state index >= 15 is 0 Å². The lowest BCUT2D eigenvalue weighted by Gasteiger charge is -2.11. The van der Waals surface area contributed by atoms with E-state index in [0.717, 1.165) is 12.0 Å². The fourth-order valence-electron chi connectivity index (χ4n) is 1.33. The van der Waals surface area contributed by atoms with Crippen LogP contribution < -0.4 is 0 Å². The quantitative estimate of drug-likeness (QED) is 0.779. The third-order valence-corrected chi connectivity index (χ3v) is 4.20. The van der Waals surface area contributed by atoms with Crippen LogP contribution in [-0.2, 0) is 16.4 Å². The van der Waals surface area contributed by atoms with Crippen LogP contribution in [0.3, 0.4) is 0 Å². The molecule has 0 N–H and O–H groups in total. The number of sulfonamides is 1. The molecule has 1 atom stereocenters. The topological polar surface area (TPSA) is 37.4 Å². The molecule has 1 rings (SSSR count). The first-order chi connectivity index (χ1) is 7.34. The third kappa shape index (κ3) is 3.20. The Morgan fingerprint density at radius 1 is 1.25 bits per heavy atom. The normalized spacial score (nSPS) is 14.1. The predicted octanol–water partition coefficient (Wildman–Crippen LogP) is 2.11. The van der Waals surface area contributed by atoms with Crippen molar-refractivity contribution in [3.05, 3.63) is 29.8 Å². The van der Waals surface area contributed by atoms with Crippen LogP contribution in [0, 0.1) is 0 Å². The van der Waals surface area contributed by atoms with E-state index in [-0.39, 0.29) is 5.38 Å². The van der Waals surface area contributed by atoms with E-state index < -0.39 is 10.0 Å². The van der Waals surface area contributed by atoms with Crippen LogP contribution in [0.5, 0.6) is 0 Å². The monoisotopic (exact) mass is 261 g/mol. The molecule has 90 valence electrons. The van der Waals surface area contributed by atoms with Gasteiger partial charge in [-0.25, -0.2) is 12.7 Å². The molecule has 0 radical (unpaired) electrons. The molecule has 0 bridgehead atoms.